The quantitative estimate of drug-likeness (QED) is 0.106. The summed E-state index contributed by atoms with van der Waals surface area (Å²) in [6, 6.07) is 22.4. The number of allylic oxidation sites excluding steroid dienone is 4. The molecule has 236 valence electrons. The normalized spacial score (nSPS) is 16.3. The smallest absolute Gasteiger partial charge is 0.200 e. The van der Waals surface area contributed by atoms with E-state index >= 15 is 17.6 Å². The molecule has 0 N–H and O–H groups in total. The second-order valence-corrected chi connectivity index (χ2v) is 11.1. The highest BCUT2D eigenvalue weighted by Gasteiger charge is 2.50. The molecule has 1 aliphatic carbocycles. The maximum Gasteiger partial charge on any atom is 0.200 e. The van der Waals surface area contributed by atoms with Gasteiger partial charge in [0.25, 0.3) is 0 Å². The maximum atomic E-state index is 16.2. The lowest BCUT2D eigenvalue weighted by molar-refractivity contribution is 0.379. The first-order valence-electron chi connectivity index (χ1n) is 14.4. The minimum atomic E-state index is -2.62. The van der Waals surface area contributed by atoms with Crippen LogP contribution in [0.15, 0.2) is 103 Å². The molecule has 0 amide bonds. The van der Waals surface area contributed by atoms with E-state index in [0.29, 0.717) is 17.5 Å². The van der Waals surface area contributed by atoms with Crippen molar-refractivity contribution in [3.05, 3.63) is 172 Å². The van der Waals surface area contributed by atoms with Crippen LogP contribution in [-0.2, 0) is 5.41 Å². The molecule has 1 heterocycles. The van der Waals surface area contributed by atoms with Crippen LogP contribution >= 0.6 is 0 Å². The third-order valence-electron chi connectivity index (χ3n) is 8.83. The van der Waals surface area contributed by atoms with E-state index in [9.17, 15) is 22.0 Å². The zero-order chi connectivity index (χ0) is 33.2. The van der Waals surface area contributed by atoms with Crippen molar-refractivity contribution in [2.45, 2.75) is 11.8 Å². The van der Waals surface area contributed by atoms with Crippen molar-refractivity contribution in [1.82, 2.24) is 0 Å². The third kappa shape index (κ3) is 4.20. The van der Waals surface area contributed by atoms with Crippen molar-refractivity contribution in [1.29, 1.82) is 0 Å². The zero-order valence-corrected chi connectivity index (χ0v) is 23.9. The molecule has 1 nitrogen and oxygen atoms in total. The van der Waals surface area contributed by atoms with Crippen LogP contribution in [0.4, 0.5) is 56.6 Å². The van der Waals surface area contributed by atoms with Gasteiger partial charge in [-0.1, -0.05) is 91.0 Å². The van der Waals surface area contributed by atoms with Crippen molar-refractivity contribution in [3.63, 3.8) is 0 Å². The number of hydrogen-bond donors (Lipinski definition) is 0. The standard InChI is InChI=1S/C37H20F9N/c38-27-25(28(39)32(43)33(44)31(27)42)26-29(40)34(45)36(35(46)30(26)41)47-23-17-9-7-15-21(23)37(19-11-3-1-4-12-19,20-13-5-2-6-14-20)22-16-8-10-18-24(22)47/h1-13,15-18,20H,14H2. The molecule has 0 radical (unpaired) electrons. The largest absolute Gasteiger partial charge is 0.304 e. The summed E-state index contributed by atoms with van der Waals surface area (Å²) in [5.41, 5.74) is -4.33. The van der Waals surface area contributed by atoms with Crippen LogP contribution in [0.1, 0.15) is 23.1 Å². The van der Waals surface area contributed by atoms with Crippen LogP contribution in [0.2, 0.25) is 0 Å². The minimum absolute atomic E-state index is 0.138. The lowest BCUT2D eigenvalue weighted by atomic mass is 9.58. The molecular weight excluding hydrogens is 629 g/mol. The summed E-state index contributed by atoms with van der Waals surface area (Å²) >= 11 is 0. The van der Waals surface area contributed by atoms with Crippen molar-refractivity contribution < 1.29 is 39.5 Å². The fourth-order valence-electron chi connectivity index (χ4n) is 6.91. The Morgan fingerprint density at radius 2 is 0.936 bits per heavy atom. The zero-order valence-electron chi connectivity index (χ0n) is 23.9. The van der Waals surface area contributed by atoms with Crippen LogP contribution in [-0.4, -0.2) is 0 Å². The van der Waals surface area contributed by atoms with Crippen LogP contribution in [0.25, 0.3) is 11.1 Å². The molecule has 1 aliphatic heterocycles. The van der Waals surface area contributed by atoms with E-state index in [4.69, 9.17) is 0 Å². The summed E-state index contributed by atoms with van der Waals surface area (Å²) in [6.07, 6.45) is 8.34. The van der Waals surface area contributed by atoms with Gasteiger partial charge in [-0.2, -0.15) is 0 Å². The summed E-state index contributed by atoms with van der Waals surface area (Å²) in [6.45, 7) is 0. The maximum absolute atomic E-state index is 16.2. The van der Waals surface area contributed by atoms with Gasteiger partial charge >= 0.3 is 0 Å². The average Bonchev–Trinajstić information content (AvgIpc) is 3.11. The third-order valence-corrected chi connectivity index (χ3v) is 8.83. The number of para-hydroxylation sites is 2. The number of rotatable bonds is 4. The summed E-state index contributed by atoms with van der Waals surface area (Å²) < 4.78 is 135. The van der Waals surface area contributed by atoms with E-state index in [1.54, 1.807) is 36.4 Å². The predicted octanol–water partition coefficient (Wildman–Crippen LogP) is 10.9. The highest BCUT2D eigenvalue weighted by Crippen LogP contribution is 2.60. The van der Waals surface area contributed by atoms with Gasteiger partial charge in [-0.05, 0) is 41.2 Å². The van der Waals surface area contributed by atoms with Crippen LogP contribution < -0.4 is 4.90 Å². The minimum Gasteiger partial charge on any atom is -0.304 e. The molecule has 5 aromatic rings. The van der Waals surface area contributed by atoms with Gasteiger partial charge in [0, 0.05) is 0 Å². The van der Waals surface area contributed by atoms with Crippen molar-refractivity contribution in [2.24, 2.45) is 5.92 Å². The topological polar surface area (TPSA) is 3.24 Å². The van der Waals surface area contributed by atoms with Gasteiger partial charge in [0.15, 0.2) is 46.5 Å². The molecule has 0 bridgehead atoms. The SMILES string of the molecule is Fc1c(F)c(F)c(-c2c(F)c(F)c(N3c4ccccc4C(c4ccccc4)(C4C=CC=CC4)c4ccccc43)c(F)c2F)c(F)c1F. The number of halogens is 9. The molecule has 0 saturated heterocycles. The highest BCUT2D eigenvalue weighted by molar-refractivity contribution is 5.89. The van der Waals surface area contributed by atoms with E-state index < -0.39 is 74.6 Å². The molecule has 7 rings (SSSR count). The molecule has 0 fully saturated rings. The first-order valence-corrected chi connectivity index (χ1v) is 14.4. The van der Waals surface area contributed by atoms with Gasteiger partial charge in [-0.15, -0.1) is 0 Å². The van der Waals surface area contributed by atoms with E-state index in [1.165, 1.54) is 12.1 Å². The Bertz CT molecular complexity index is 2030. The van der Waals surface area contributed by atoms with E-state index in [1.807, 2.05) is 54.6 Å². The monoisotopic (exact) mass is 649 g/mol. The number of nitrogens with zero attached hydrogens (tertiary/aromatic N) is 1. The van der Waals surface area contributed by atoms with Gasteiger partial charge in [0.2, 0.25) is 5.82 Å². The second kappa shape index (κ2) is 11.2. The molecule has 1 unspecified atom stereocenters. The van der Waals surface area contributed by atoms with E-state index in [2.05, 4.69) is 0 Å². The Balaban J connectivity index is 1.55. The number of benzene rings is 5. The van der Waals surface area contributed by atoms with Gasteiger partial charge in [-0.3, -0.25) is 0 Å². The predicted molar refractivity (Wildman–Crippen MR) is 159 cm³/mol. The number of fused-ring (bicyclic) bond motifs is 2. The Morgan fingerprint density at radius 3 is 1.43 bits per heavy atom. The Labute approximate surface area is 262 Å². The van der Waals surface area contributed by atoms with Gasteiger partial charge in [0.05, 0.1) is 27.9 Å². The van der Waals surface area contributed by atoms with Crippen molar-refractivity contribution in [3.8, 4) is 11.1 Å². The Kier molecular flexibility index (Phi) is 7.26. The molecule has 10 heteroatoms. The summed E-state index contributed by atoms with van der Waals surface area (Å²) in [4.78, 5) is 0.966. The molecule has 5 aromatic carbocycles. The summed E-state index contributed by atoms with van der Waals surface area (Å²) in [5, 5.41) is 0. The molecular formula is C37H20F9N. The molecule has 0 saturated carbocycles. The molecule has 2 aliphatic rings. The Morgan fingerprint density at radius 1 is 0.489 bits per heavy atom. The first kappa shape index (κ1) is 30.4. The molecule has 0 spiro atoms. The van der Waals surface area contributed by atoms with Gasteiger partial charge < -0.3 is 4.90 Å². The summed E-state index contributed by atoms with van der Waals surface area (Å²) in [5.74, 6) is -22.1. The fourth-order valence-corrected chi connectivity index (χ4v) is 6.91. The average molecular weight is 650 g/mol. The Hall–Kier alpha value is -5.25. The number of hydrogen-bond acceptors (Lipinski definition) is 1. The van der Waals surface area contributed by atoms with Crippen molar-refractivity contribution in [2.75, 3.05) is 4.90 Å². The highest BCUT2D eigenvalue weighted by atomic mass is 19.2. The van der Waals surface area contributed by atoms with E-state index in [0.717, 1.165) is 10.5 Å². The lowest BCUT2D eigenvalue weighted by Gasteiger charge is -2.49. The first-order chi connectivity index (χ1) is 22.6. The van der Waals surface area contributed by atoms with Gasteiger partial charge in [0.1, 0.15) is 5.69 Å². The molecule has 47 heavy (non-hydrogen) atoms. The van der Waals surface area contributed by atoms with Crippen LogP contribution in [0, 0.1) is 58.3 Å². The molecule has 1 atom stereocenters. The van der Waals surface area contributed by atoms with Gasteiger partial charge in [-0.25, -0.2) is 39.5 Å². The summed E-state index contributed by atoms with van der Waals surface area (Å²) in [7, 11) is 0. The molecule has 0 aromatic heterocycles. The lowest BCUT2D eigenvalue weighted by Crippen LogP contribution is -2.42. The fraction of sp³-hybridized carbons (Fsp3) is 0.0811. The van der Waals surface area contributed by atoms with Crippen LogP contribution in [0.3, 0.4) is 0 Å². The second-order valence-electron chi connectivity index (χ2n) is 11.1. The van der Waals surface area contributed by atoms with Crippen LogP contribution in [0.5, 0.6) is 0 Å². The van der Waals surface area contributed by atoms with E-state index in [-0.39, 0.29) is 17.3 Å². The number of anilines is 3. The van der Waals surface area contributed by atoms with Crippen molar-refractivity contribution >= 4 is 17.1 Å².